The van der Waals surface area contributed by atoms with Gasteiger partial charge in [0, 0.05) is 0 Å². The first-order valence-corrected chi connectivity index (χ1v) is 11.8. The van der Waals surface area contributed by atoms with Crippen LogP contribution in [0.15, 0.2) is 0 Å². The van der Waals surface area contributed by atoms with Gasteiger partial charge in [-0.05, 0) is 29.6 Å². The van der Waals surface area contributed by atoms with Gasteiger partial charge in [-0.2, -0.15) is 0 Å². The third-order valence-electron chi connectivity index (χ3n) is 4.15. The van der Waals surface area contributed by atoms with Crippen LogP contribution in [0.2, 0.25) is 0 Å². The molecule has 1 rings (SSSR count). The first-order chi connectivity index (χ1) is 6.97. The molecule has 0 aliphatic heterocycles. The van der Waals surface area contributed by atoms with E-state index in [-0.39, 0.29) is 7.43 Å². The monoisotopic (exact) mass is 497 g/mol. The Hall–Kier alpha value is 1.64. The van der Waals surface area contributed by atoms with Gasteiger partial charge >= 0.3 is 49.1 Å². The van der Waals surface area contributed by atoms with E-state index in [1.165, 1.54) is 8.26 Å². The summed E-state index contributed by atoms with van der Waals surface area (Å²) in [5, 5.41) is 0. The van der Waals surface area contributed by atoms with Crippen LogP contribution in [0, 0.1) is 37.0 Å². The van der Waals surface area contributed by atoms with Crippen molar-refractivity contribution in [3.63, 3.8) is 0 Å². The van der Waals surface area contributed by atoms with E-state index in [2.05, 4.69) is 82.2 Å². The van der Waals surface area contributed by atoms with Crippen LogP contribution in [-0.2, 0) is 13.1 Å². The van der Waals surface area contributed by atoms with Crippen molar-refractivity contribution >= 4 is 47.6 Å². The van der Waals surface area contributed by atoms with Crippen molar-refractivity contribution < 1.29 is 13.1 Å². The Morgan fingerprint density at radius 3 is 0.875 bits per heavy atom. The van der Waals surface area contributed by atoms with Gasteiger partial charge in [-0.25, -0.2) is 0 Å². The molecule has 103 valence electrons. The molecule has 0 atom stereocenters. The number of hydrogen-bond acceptors (Lipinski definition) is 1. The molecular formula is C12H24CoI2O-2. The molecule has 0 radical (unpaired) electrons. The van der Waals surface area contributed by atoms with Crippen molar-refractivity contribution in [3.8, 4) is 0 Å². The average Bonchev–Trinajstić information content (AvgIpc) is 2.41. The van der Waals surface area contributed by atoms with E-state index in [0.717, 1.165) is 29.6 Å². The summed E-state index contributed by atoms with van der Waals surface area (Å²) < 4.78 is 0. The van der Waals surface area contributed by atoms with Crippen molar-refractivity contribution in [1.29, 1.82) is 0 Å². The third-order valence-corrected chi connectivity index (χ3v) is 4.15. The van der Waals surface area contributed by atoms with E-state index < -0.39 is 0 Å². The number of rotatable bonds is 0. The Morgan fingerprint density at radius 1 is 0.750 bits per heavy atom. The standard InChI is InChI=1S/C10H20.CHO.CH3.Co.2HI/c1-6-7(2)9(4)10(5)8(6)3;1-2;;;;/h6-10H,1-5H3;1H;1H3;;2*1H/q;2*-1;+2;;/p-2. The van der Waals surface area contributed by atoms with Crippen LogP contribution in [0.4, 0.5) is 0 Å². The third kappa shape index (κ3) is 7.16. The fourth-order valence-corrected chi connectivity index (χ4v) is 2.39. The molecule has 0 aromatic carbocycles. The number of halogens is 2. The molecule has 1 nitrogen and oxygen atoms in total. The molecule has 0 heterocycles. The molecule has 0 saturated heterocycles. The second-order valence-electron chi connectivity index (χ2n) is 4.34. The van der Waals surface area contributed by atoms with Gasteiger partial charge in [-0.15, -0.1) is 0 Å². The maximum absolute atomic E-state index is 7.75. The van der Waals surface area contributed by atoms with Gasteiger partial charge in [0.15, 0.2) is 0 Å². The quantitative estimate of drug-likeness (QED) is 0.258. The molecule has 1 aliphatic rings. The van der Waals surface area contributed by atoms with Crippen molar-refractivity contribution in [2.75, 3.05) is 0 Å². The van der Waals surface area contributed by atoms with Crippen molar-refractivity contribution in [2.24, 2.45) is 29.6 Å². The van der Waals surface area contributed by atoms with E-state index in [9.17, 15) is 0 Å². The van der Waals surface area contributed by atoms with Crippen LogP contribution in [0.3, 0.4) is 0 Å². The van der Waals surface area contributed by atoms with E-state index >= 15 is 0 Å². The zero-order valence-electron chi connectivity index (χ0n) is 11.0. The molecule has 0 unspecified atom stereocenters. The minimum atomic E-state index is 0. The van der Waals surface area contributed by atoms with Gasteiger partial charge in [0.05, 0.1) is 0 Å². The van der Waals surface area contributed by atoms with Crippen LogP contribution < -0.4 is 0 Å². The average molecular weight is 497 g/mol. The fraction of sp³-hybridized carbons (Fsp3) is 0.833. The fourth-order valence-electron chi connectivity index (χ4n) is 2.39. The normalized spacial score (nSPS) is 36.3. The topological polar surface area (TPSA) is 17.1 Å². The van der Waals surface area contributed by atoms with Crippen LogP contribution in [0.1, 0.15) is 34.6 Å². The molecule has 0 bridgehead atoms. The predicted molar refractivity (Wildman–Crippen MR) is 87.0 cm³/mol. The van der Waals surface area contributed by atoms with Crippen molar-refractivity contribution in [1.82, 2.24) is 0 Å². The van der Waals surface area contributed by atoms with E-state index in [1.54, 1.807) is 0 Å². The van der Waals surface area contributed by atoms with Gasteiger partial charge in [0.2, 0.25) is 0 Å². The SMILES string of the molecule is CC1C(C)C(C)C(C)C1C.[CH-]=O.[CH3-].[I][Co][I]. The van der Waals surface area contributed by atoms with Gasteiger partial charge in [0.1, 0.15) is 0 Å². The molecule has 4 heteroatoms. The minimum absolute atomic E-state index is 0. The number of hydrogen-bond donors (Lipinski definition) is 0. The van der Waals surface area contributed by atoms with E-state index in [1.807, 2.05) is 0 Å². The molecule has 1 fully saturated rings. The Morgan fingerprint density at radius 2 is 0.812 bits per heavy atom. The zero-order chi connectivity index (χ0) is 12.6. The summed E-state index contributed by atoms with van der Waals surface area (Å²) in [5.41, 5.74) is 0. The Balaban J connectivity index is -0.000000246. The summed E-state index contributed by atoms with van der Waals surface area (Å²) in [7, 11) is 1.38. The van der Waals surface area contributed by atoms with Gasteiger partial charge < -0.3 is 12.2 Å². The van der Waals surface area contributed by atoms with Gasteiger partial charge in [-0.1, -0.05) is 34.6 Å². The zero-order valence-corrected chi connectivity index (χ0v) is 16.3. The molecule has 1 aliphatic carbocycles. The summed E-state index contributed by atoms with van der Waals surface area (Å²) >= 11 is 4.49. The van der Waals surface area contributed by atoms with Crippen LogP contribution in [0.25, 0.3) is 0 Å². The summed E-state index contributed by atoms with van der Waals surface area (Å²) in [6.45, 7) is 15.2. The van der Waals surface area contributed by atoms with E-state index in [4.69, 9.17) is 4.79 Å². The predicted octanol–water partition coefficient (Wildman–Crippen LogP) is 5.13. The second-order valence-corrected chi connectivity index (χ2v) is 13.1. The summed E-state index contributed by atoms with van der Waals surface area (Å²) in [6, 6.07) is 0. The molecule has 1 saturated carbocycles. The molecule has 0 aromatic rings. The van der Waals surface area contributed by atoms with E-state index in [0.29, 0.717) is 0 Å². The van der Waals surface area contributed by atoms with Crippen LogP contribution in [-0.4, -0.2) is 6.79 Å². The van der Waals surface area contributed by atoms with Crippen LogP contribution >= 0.6 is 40.8 Å². The molecule has 0 spiro atoms. The summed E-state index contributed by atoms with van der Waals surface area (Å²) in [5.74, 6) is 4.68. The number of carbonyl (C=O) groups excluding carboxylic acids is 1. The van der Waals surface area contributed by atoms with Crippen molar-refractivity contribution in [3.05, 3.63) is 7.43 Å². The molecule has 0 amide bonds. The first-order valence-electron chi connectivity index (χ1n) is 5.04. The summed E-state index contributed by atoms with van der Waals surface area (Å²) in [6.07, 6.45) is 0. The van der Waals surface area contributed by atoms with Crippen molar-refractivity contribution in [2.45, 2.75) is 34.6 Å². The Kier molecular flexibility index (Phi) is 18.6. The van der Waals surface area contributed by atoms with Gasteiger partial charge in [-0.3, -0.25) is 6.79 Å². The molecule has 16 heavy (non-hydrogen) atoms. The molecule has 0 aromatic heterocycles. The van der Waals surface area contributed by atoms with Gasteiger partial charge in [0.25, 0.3) is 0 Å². The molecule has 0 N–H and O–H groups in total. The first kappa shape index (κ1) is 22.8. The Labute approximate surface area is 131 Å². The molecular weight excluding hydrogens is 473 g/mol. The van der Waals surface area contributed by atoms with Crippen LogP contribution in [0.5, 0.6) is 0 Å². The Bertz CT molecular complexity index is 113. The maximum atomic E-state index is 7.75. The summed E-state index contributed by atoms with van der Waals surface area (Å²) in [4.78, 5) is 7.75. The second kappa shape index (κ2) is 13.1.